The Morgan fingerprint density at radius 1 is 1.11 bits per heavy atom. The molecule has 4 heteroatoms. The molecule has 0 fully saturated rings. The summed E-state index contributed by atoms with van der Waals surface area (Å²) < 4.78 is 11.2. The summed E-state index contributed by atoms with van der Waals surface area (Å²) in [6.45, 7) is 2.47. The van der Waals surface area contributed by atoms with E-state index < -0.39 is 0 Å². The second kappa shape index (κ2) is 5.78. The van der Waals surface area contributed by atoms with Gasteiger partial charge in [0.05, 0.1) is 23.9 Å². The smallest absolute Gasteiger partial charge is 0.169 e. The molecule has 0 saturated carbocycles. The number of rotatable bonds is 4. The molecule has 0 aliphatic rings. The van der Waals surface area contributed by atoms with Gasteiger partial charge in [0.15, 0.2) is 17.2 Å². The van der Waals surface area contributed by atoms with Crippen molar-refractivity contribution in [2.75, 3.05) is 12.3 Å². The third-order valence-electron chi connectivity index (χ3n) is 2.51. The third kappa shape index (κ3) is 2.96. The van der Waals surface area contributed by atoms with E-state index in [1.807, 2.05) is 37.3 Å². The zero-order chi connectivity index (χ0) is 13.7. The predicted octanol–water partition coefficient (Wildman–Crippen LogP) is 3.33. The summed E-state index contributed by atoms with van der Waals surface area (Å²) in [6.07, 6.45) is 0. The lowest BCUT2D eigenvalue weighted by molar-refractivity contribution is 0.321. The molecule has 0 spiro atoms. The fourth-order valence-corrected chi connectivity index (χ4v) is 1.64. The van der Waals surface area contributed by atoms with Gasteiger partial charge in [0, 0.05) is 0 Å². The van der Waals surface area contributed by atoms with Crippen molar-refractivity contribution in [3.05, 3.63) is 48.0 Å². The summed E-state index contributed by atoms with van der Waals surface area (Å²) in [7, 11) is 0. The van der Waals surface area contributed by atoms with Crippen LogP contribution in [0.3, 0.4) is 0 Å². The Labute approximate surface area is 112 Å². The molecule has 2 N–H and O–H groups in total. The maximum atomic E-state index is 8.79. The highest BCUT2D eigenvalue weighted by atomic mass is 16.5. The lowest BCUT2D eigenvalue weighted by Crippen LogP contribution is -1.97. The summed E-state index contributed by atoms with van der Waals surface area (Å²) in [4.78, 5) is 0. The molecule has 0 radical (unpaired) electrons. The van der Waals surface area contributed by atoms with E-state index in [1.165, 1.54) is 0 Å². The van der Waals surface area contributed by atoms with Crippen LogP contribution < -0.4 is 15.2 Å². The molecule has 4 nitrogen and oxygen atoms in total. The number of benzene rings is 2. The van der Waals surface area contributed by atoms with Gasteiger partial charge < -0.3 is 15.2 Å². The van der Waals surface area contributed by atoms with Crippen LogP contribution in [0.5, 0.6) is 17.2 Å². The molecule has 0 heterocycles. The molecule has 0 bridgehead atoms. The molecular formula is C15H14N2O2. The Bertz CT molecular complexity index is 618. The quantitative estimate of drug-likeness (QED) is 0.850. The van der Waals surface area contributed by atoms with E-state index in [0.717, 1.165) is 0 Å². The van der Waals surface area contributed by atoms with E-state index >= 15 is 0 Å². The van der Waals surface area contributed by atoms with Crippen LogP contribution in [-0.4, -0.2) is 6.61 Å². The number of nitrogens with zero attached hydrogens (tertiary/aromatic N) is 1. The first-order valence-electron chi connectivity index (χ1n) is 5.94. The van der Waals surface area contributed by atoms with Crippen molar-refractivity contribution < 1.29 is 9.47 Å². The van der Waals surface area contributed by atoms with E-state index in [9.17, 15) is 0 Å². The SMILES string of the molecule is CCOc1ccccc1Oc1ccc(C#N)cc1N. The topological polar surface area (TPSA) is 68.3 Å². The molecule has 19 heavy (non-hydrogen) atoms. The summed E-state index contributed by atoms with van der Waals surface area (Å²) in [5.74, 6) is 1.76. The fourth-order valence-electron chi connectivity index (χ4n) is 1.64. The minimum atomic E-state index is 0.422. The minimum absolute atomic E-state index is 0.422. The van der Waals surface area contributed by atoms with Crippen molar-refractivity contribution in [2.45, 2.75) is 6.92 Å². The number of nitriles is 1. The van der Waals surface area contributed by atoms with Gasteiger partial charge in [-0.05, 0) is 37.3 Å². The monoisotopic (exact) mass is 254 g/mol. The lowest BCUT2D eigenvalue weighted by atomic mass is 10.2. The fraction of sp³-hybridized carbons (Fsp3) is 0.133. The van der Waals surface area contributed by atoms with Crippen LogP contribution in [-0.2, 0) is 0 Å². The highest BCUT2D eigenvalue weighted by molar-refractivity contribution is 5.58. The second-order valence-corrected chi connectivity index (χ2v) is 3.85. The van der Waals surface area contributed by atoms with Crippen LogP contribution in [0.15, 0.2) is 42.5 Å². The van der Waals surface area contributed by atoms with Gasteiger partial charge in [0.1, 0.15) is 0 Å². The number of hydrogen-bond donors (Lipinski definition) is 1. The Morgan fingerprint density at radius 2 is 1.84 bits per heavy atom. The number of hydrogen-bond acceptors (Lipinski definition) is 4. The van der Waals surface area contributed by atoms with Crippen molar-refractivity contribution >= 4 is 5.69 Å². The number of anilines is 1. The molecule has 0 unspecified atom stereocenters. The summed E-state index contributed by atoms with van der Waals surface area (Å²) in [5, 5.41) is 8.79. The standard InChI is InChI=1S/C15H14N2O2/c1-2-18-14-5-3-4-6-15(14)19-13-8-7-11(10-16)9-12(13)17/h3-9H,2,17H2,1H3. The molecule has 2 aromatic rings. The number of para-hydroxylation sites is 2. The van der Waals surface area contributed by atoms with E-state index in [0.29, 0.717) is 35.1 Å². The Kier molecular flexibility index (Phi) is 3.89. The Balaban J connectivity index is 2.29. The molecule has 0 saturated heterocycles. The van der Waals surface area contributed by atoms with Crippen LogP contribution in [0.25, 0.3) is 0 Å². The molecule has 0 aliphatic heterocycles. The summed E-state index contributed by atoms with van der Waals surface area (Å²) in [6, 6.07) is 14.3. The molecule has 96 valence electrons. The Morgan fingerprint density at radius 3 is 2.47 bits per heavy atom. The van der Waals surface area contributed by atoms with Gasteiger partial charge in [0.25, 0.3) is 0 Å². The van der Waals surface area contributed by atoms with Crippen molar-refractivity contribution in [1.82, 2.24) is 0 Å². The maximum absolute atomic E-state index is 8.79. The van der Waals surface area contributed by atoms with Gasteiger partial charge in [-0.1, -0.05) is 12.1 Å². The van der Waals surface area contributed by atoms with Crippen LogP contribution in [0, 0.1) is 11.3 Å². The predicted molar refractivity (Wildman–Crippen MR) is 73.3 cm³/mol. The highest BCUT2D eigenvalue weighted by Crippen LogP contribution is 2.34. The second-order valence-electron chi connectivity index (χ2n) is 3.85. The Hall–Kier alpha value is -2.67. The van der Waals surface area contributed by atoms with E-state index in [-0.39, 0.29) is 0 Å². The molecule has 2 rings (SSSR count). The van der Waals surface area contributed by atoms with Crippen molar-refractivity contribution in [3.63, 3.8) is 0 Å². The molecule has 0 aromatic heterocycles. The average molecular weight is 254 g/mol. The van der Waals surface area contributed by atoms with Gasteiger partial charge in [-0.3, -0.25) is 0 Å². The molecule has 0 amide bonds. The first kappa shape index (κ1) is 12.8. The molecule has 2 aromatic carbocycles. The van der Waals surface area contributed by atoms with E-state index in [4.69, 9.17) is 20.5 Å². The van der Waals surface area contributed by atoms with Gasteiger partial charge in [-0.15, -0.1) is 0 Å². The van der Waals surface area contributed by atoms with Crippen molar-refractivity contribution in [2.24, 2.45) is 0 Å². The van der Waals surface area contributed by atoms with Crippen LogP contribution >= 0.6 is 0 Å². The maximum Gasteiger partial charge on any atom is 0.169 e. The largest absolute Gasteiger partial charge is 0.490 e. The van der Waals surface area contributed by atoms with Crippen LogP contribution in [0.4, 0.5) is 5.69 Å². The summed E-state index contributed by atoms with van der Waals surface area (Å²) >= 11 is 0. The van der Waals surface area contributed by atoms with E-state index in [2.05, 4.69) is 0 Å². The number of ether oxygens (including phenoxy) is 2. The van der Waals surface area contributed by atoms with Gasteiger partial charge in [0.2, 0.25) is 0 Å². The van der Waals surface area contributed by atoms with Crippen molar-refractivity contribution in [3.8, 4) is 23.3 Å². The van der Waals surface area contributed by atoms with Gasteiger partial charge in [-0.25, -0.2) is 0 Å². The van der Waals surface area contributed by atoms with Crippen LogP contribution in [0.2, 0.25) is 0 Å². The van der Waals surface area contributed by atoms with Gasteiger partial charge >= 0.3 is 0 Å². The molecular weight excluding hydrogens is 240 g/mol. The first-order chi connectivity index (χ1) is 9.24. The van der Waals surface area contributed by atoms with Gasteiger partial charge in [-0.2, -0.15) is 5.26 Å². The first-order valence-corrected chi connectivity index (χ1v) is 5.94. The zero-order valence-electron chi connectivity index (χ0n) is 10.6. The zero-order valence-corrected chi connectivity index (χ0v) is 10.6. The van der Waals surface area contributed by atoms with Crippen LogP contribution in [0.1, 0.15) is 12.5 Å². The average Bonchev–Trinajstić information content (AvgIpc) is 2.43. The number of nitrogen functional groups attached to an aromatic ring is 1. The third-order valence-corrected chi connectivity index (χ3v) is 2.51. The number of nitrogens with two attached hydrogens (primary N) is 1. The normalized spacial score (nSPS) is 9.68. The van der Waals surface area contributed by atoms with Crippen molar-refractivity contribution in [1.29, 1.82) is 5.26 Å². The summed E-state index contributed by atoms with van der Waals surface area (Å²) in [5.41, 5.74) is 6.78. The highest BCUT2D eigenvalue weighted by Gasteiger charge is 2.08. The van der Waals surface area contributed by atoms with E-state index in [1.54, 1.807) is 18.2 Å². The minimum Gasteiger partial charge on any atom is -0.490 e. The molecule has 0 atom stereocenters. The molecule has 0 aliphatic carbocycles. The lowest BCUT2D eigenvalue weighted by Gasteiger charge is -2.12.